The molecule has 0 aliphatic heterocycles. The van der Waals surface area contributed by atoms with Gasteiger partial charge in [0.15, 0.2) is 18.2 Å². The van der Waals surface area contributed by atoms with Gasteiger partial charge in [0.05, 0.1) is 5.69 Å². The summed E-state index contributed by atoms with van der Waals surface area (Å²) in [6, 6.07) is 2.92. The molecule has 2 aromatic rings. The highest BCUT2D eigenvalue weighted by Gasteiger charge is 2.16. The Morgan fingerprint density at radius 3 is 2.65 bits per heavy atom. The van der Waals surface area contributed by atoms with Crippen LogP contribution in [-0.2, 0) is 24.7 Å². The van der Waals surface area contributed by atoms with Crippen molar-refractivity contribution in [3.8, 4) is 5.75 Å². The van der Waals surface area contributed by atoms with E-state index in [1.54, 1.807) is 11.7 Å². The zero-order valence-electron chi connectivity index (χ0n) is 13.3. The summed E-state index contributed by atoms with van der Waals surface area (Å²) in [7, 11) is 1.74. The molecule has 0 aliphatic rings. The first kappa shape index (κ1) is 16.9. The van der Waals surface area contributed by atoms with E-state index in [4.69, 9.17) is 4.74 Å². The number of aromatic nitrogens is 2. The van der Waals surface area contributed by atoms with E-state index in [9.17, 15) is 13.6 Å². The SMILES string of the molecule is CCc1nn(C)c(NC(=O)COc2ccc(F)cc2F)c1CC. The monoisotopic (exact) mass is 323 g/mol. The van der Waals surface area contributed by atoms with E-state index in [0.717, 1.165) is 36.2 Å². The van der Waals surface area contributed by atoms with Gasteiger partial charge >= 0.3 is 0 Å². The van der Waals surface area contributed by atoms with Crippen LogP contribution in [0.3, 0.4) is 0 Å². The van der Waals surface area contributed by atoms with Crippen LogP contribution in [0.4, 0.5) is 14.6 Å². The number of amides is 1. The zero-order chi connectivity index (χ0) is 17.0. The van der Waals surface area contributed by atoms with Gasteiger partial charge < -0.3 is 10.1 Å². The Bertz CT molecular complexity index is 714. The second-order valence-electron chi connectivity index (χ2n) is 5.02. The van der Waals surface area contributed by atoms with Gasteiger partial charge in [0, 0.05) is 18.7 Å². The first-order chi connectivity index (χ1) is 11.0. The summed E-state index contributed by atoms with van der Waals surface area (Å²) in [5, 5.41) is 7.08. The molecule has 0 saturated heterocycles. The van der Waals surface area contributed by atoms with Gasteiger partial charge in [-0.15, -0.1) is 0 Å². The molecule has 0 radical (unpaired) electrons. The van der Waals surface area contributed by atoms with Gasteiger partial charge in [0.2, 0.25) is 0 Å². The highest BCUT2D eigenvalue weighted by atomic mass is 19.1. The molecule has 0 saturated carbocycles. The van der Waals surface area contributed by atoms with Crippen molar-refractivity contribution >= 4 is 11.7 Å². The van der Waals surface area contributed by atoms with E-state index in [1.807, 2.05) is 13.8 Å². The number of halogens is 2. The molecule has 124 valence electrons. The minimum Gasteiger partial charge on any atom is -0.481 e. The quantitative estimate of drug-likeness (QED) is 0.889. The number of nitrogens with one attached hydrogen (secondary N) is 1. The summed E-state index contributed by atoms with van der Waals surface area (Å²) < 4.78 is 33.0. The van der Waals surface area contributed by atoms with Crippen molar-refractivity contribution in [2.75, 3.05) is 11.9 Å². The molecule has 1 aromatic heterocycles. The number of rotatable bonds is 6. The molecule has 5 nitrogen and oxygen atoms in total. The number of carbonyl (C=O) groups excluding carboxylic acids is 1. The number of aryl methyl sites for hydroxylation is 2. The number of hydrogen-bond acceptors (Lipinski definition) is 3. The van der Waals surface area contributed by atoms with E-state index in [1.165, 1.54) is 0 Å². The fourth-order valence-electron chi connectivity index (χ4n) is 2.34. The second-order valence-corrected chi connectivity index (χ2v) is 5.02. The van der Waals surface area contributed by atoms with Crippen molar-refractivity contribution in [1.29, 1.82) is 0 Å². The molecule has 0 spiro atoms. The lowest BCUT2D eigenvalue weighted by Crippen LogP contribution is -2.22. The molecule has 23 heavy (non-hydrogen) atoms. The van der Waals surface area contributed by atoms with Crippen molar-refractivity contribution in [2.45, 2.75) is 26.7 Å². The first-order valence-electron chi connectivity index (χ1n) is 7.38. The lowest BCUT2D eigenvalue weighted by molar-refractivity contribution is -0.118. The van der Waals surface area contributed by atoms with Crippen molar-refractivity contribution in [3.05, 3.63) is 41.1 Å². The Labute approximate surface area is 133 Å². The van der Waals surface area contributed by atoms with Crippen molar-refractivity contribution in [2.24, 2.45) is 7.05 Å². The topological polar surface area (TPSA) is 56.2 Å². The summed E-state index contributed by atoms with van der Waals surface area (Å²) in [6.07, 6.45) is 1.50. The first-order valence-corrected chi connectivity index (χ1v) is 7.38. The Morgan fingerprint density at radius 2 is 2.04 bits per heavy atom. The van der Waals surface area contributed by atoms with Crippen molar-refractivity contribution < 1.29 is 18.3 Å². The van der Waals surface area contributed by atoms with Crippen molar-refractivity contribution in [3.63, 3.8) is 0 Å². The molecule has 2 rings (SSSR count). The van der Waals surface area contributed by atoms with Gasteiger partial charge in [0.1, 0.15) is 11.6 Å². The highest BCUT2D eigenvalue weighted by molar-refractivity contribution is 5.91. The number of ether oxygens (including phenoxy) is 1. The van der Waals surface area contributed by atoms with Crippen LogP contribution in [0, 0.1) is 11.6 Å². The maximum atomic E-state index is 13.4. The van der Waals surface area contributed by atoms with Crippen LogP contribution < -0.4 is 10.1 Å². The van der Waals surface area contributed by atoms with E-state index < -0.39 is 17.5 Å². The Hall–Kier alpha value is -2.44. The maximum absolute atomic E-state index is 13.4. The van der Waals surface area contributed by atoms with E-state index in [-0.39, 0.29) is 12.4 Å². The van der Waals surface area contributed by atoms with Gasteiger partial charge in [-0.25, -0.2) is 8.78 Å². The third-order valence-corrected chi connectivity index (χ3v) is 3.43. The average molecular weight is 323 g/mol. The zero-order valence-corrected chi connectivity index (χ0v) is 13.3. The van der Waals surface area contributed by atoms with E-state index in [0.29, 0.717) is 11.9 Å². The molecule has 1 aromatic carbocycles. The number of benzene rings is 1. The predicted molar refractivity (Wildman–Crippen MR) is 82.4 cm³/mol. The highest BCUT2D eigenvalue weighted by Crippen LogP contribution is 2.21. The molecule has 0 fully saturated rings. The minimum absolute atomic E-state index is 0.170. The molecule has 7 heteroatoms. The number of hydrogen-bond donors (Lipinski definition) is 1. The normalized spacial score (nSPS) is 10.7. The summed E-state index contributed by atoms with van der Waals surface area (Å²) in [4.78, 5) is 12.0. The van der Waals surface area contributed by atoms with Crippen LogP contribution in [-0.4, -0.2) is 22.3 Å². The van der Waals surface area contributed by atoms with Crippen LogP contribution in [0.25, 0.3) is 0 Å². The Kier molecular flexibility index (Phi) is 5.31. The smallest absolute Gasteiger partial charge is 0.263 e. The average Bonchev–Trinajstić information content (AvgIpc) is 2.81. The van der Waals surface area contributed by atoms with Crippen LogP contribution in [0.5, 0.6) is 5.75 Å². The van der Waals surface area contributed by atoms with Gasteiger partial charge in [0.25, 0.3) is 5.91 Å². The van der Waals surface area contributed by atoms with Gasteiger partial charge in [-0.05, 0) is 25.0 Å². The summed E-state index contributed by atoms with van der Waals surface area (Å²) in [5.74, 6) is -1.54. The van der Waals surface area contributed by atoms with E-state index in [2.05, 4.69) is 10.4 Å². The summed E-state index contributed by atoms with van der Waals surface area (Å²) in [5.41, 5.74) is 1.90. The van der Waals surface area contributed by atoms with Gasteiger partial charge in [-0.3, -0.25) is 9.48 Å². The number of carbonyl (C=O) groups is 1. The molecule has 1 N–H and O–H groups in total. The predicted octanol–water partition coefficient (Wildman–Crippen LogP) is 2.84. The molecule has 1 amide bonds. The Morgan fingerprint density at radius 1 is 1.30 bits per heavy atom. The van der Waals surface area contributed by atoms with Crippen LogP contribution in [0.15, 0.2) is 18.2 Å². The molecule has 0 bridgehead atoms. The van der Waals surface area contributed by atoms with Crippen LogP contribution in [0.2, 0.25) is 0 Å². The van der Waals surface area contributed by atoms with Gasteiger partial charge in [-0.2, -0.15) is 5.10 Å². The fourth-order valence-corrected chi connectivity index (χ4v) is 2.34. The van der Waals surface area contributed by atoms with Crippen LogP contribution >= 0.6 is 0 Å². The summed E-state index contributed by atoms with van der Waals surface area (Å²) in [6.45, 7) is 3.60. The molecule has 0 unspecified atom stereocenters. The fraction of sp³-hybridized carbons (Fsp3) is 0.375. The largest absolute Gasteiger partial charge is 0.481 e. The third-order valence-electron chi connectivity index (χ3n) is 3.43. The maximum Gasteiger partial charge on any atom is 0.263 e. The lowest BCUT2D eigenvalue weighted by atomic mass is 10.1. The summed E-state index contributed by atoms with van der Waals surface area (Å²) >= 11 is 0. The molecular weight excluding hydrogens is 304 g/mol. The number of nitrogens with zero attached hydrogens (tertiary/aromatic N) is 2. The minimum atomic E-state index is -0.846. The van der Waals surface area contributed by atoms with Gasteiger partial charge in [-0.1, -0.05) is 13.8 Å². The second kappa shape index (κ2) is 7.21. The number of anilines is 1. The standard InChI is InChI=1S/C16H19F2N3O2/c1-4-11-13(5-2)20-21(3)16(11)19-15(22)9-23-14-7-6-10(17)8-12(14)18/h6-8H,4-5,9H2,1-3H3,(H,19,22). The lowest BCUT2D eigenvalue weighted by Gasteiger charge is -2.10. The molecular formula is C16H19F2N3O2. The molecule has 0 atom stereocenters. The third kappa shape index (κ3) is 3.85. The Balaban J connectivity index is 2.04. The van der Waals surface area contributed by atoms with Crippen molar-refractivity contribution in [1.82, 2.24) is 9.78 Å². The molecule has 0 aliphatic carbocycles. The molecule has 1 heterocycles. The van der Waals surface area contributed by atoms with E-state index >= 15 is 0 Å². The van der Waals surface area contributed by atoms with Crippen LogP contribution in [0.1, 0.15) is 25.1 Å².